The first kappa shape index (κ1) is 17.3. The van der Waals surface area contributed by atoms with Crippen molar-refractivity contribution in [3.8, 4) is 0 Å². The molecule has 0 amide bonds. The normalized spacial score (nSPS) is 34.6. The van der Waals surface area contributed by atoms with Crippen LogP contribution in [-0.2, 0) is 0 Å². The summed E-state index contributed by atoms with van der Waals surface area (Å²) in [5, 5.41) is 0. The smallest absolute Gasteiger partial charge is 0.0334 e. The summed E-state index contributed by atoms with van der Waals surface area (Å²) in [5.74, 6) is 1.67. The minimum absolute atomic E-state index is 0.277. The Morgan fingerprint density at radius 2 is 1.71 bits per heavy atom. The molecule has 2 aliphatic carbocycles. The van der Waals surface area contributed by atoms with Gasteiger partial charge in [0, 0.05) is 18.1 Å². The van der Waals surface area contributed by atoms with Gasteiger partial charge in [0.05, 0.1) is 0 Å². The fourth-order valence-corrected chi connectivity index (χ4v) is 4.76. The van der Waals surface area contributed by atoms with E-state index in [4.69, 9.17) is 5.73 Å². The zero-order valence-electron chi connectivity index (χ0n) is 15.1. The highest BCUT2D eigenvalue weighted by molar-refractivity contribution is 4.99. The van der Waals surface area contributed by atoms with Gasteiger partial charge in [-0.3, -0.25) is 4.90 Å². The molecule has 2 unspecified atom stereocenters. The van der Waals surface area contributed by atoms with Gasteiger partial charge in [-0.25, -0.2) is 0 Å². The number of hydrogen-bond acceptors (Lipinski definition) is 2. The molecule has 0 aromatic carbocycles. The van der Waals surface area contributed by atoms with E-state index in [1.54, 1.807) is 0 Å². The van der Waals surface area contributed by atoms with Crippen LogP contribution in [0.1, 0.15) is 79.1 Å². The molecule has 0 spiro atoms. The summed E-state index contributed by atoms with van der Waals surface area (Å²) in [6.07, 6.45) is 10.9. The van der Waals surface area contributed by atoms with Crippen molar-refractivity contribution in [2.75, 3.05) is 13.6 Å². The maximum absolute atomic E-state index is 6.32. The first-order valence-electron chi connectivity index (χ1n) is 9.23. The van der Waals surface area contributed by atoms with Crippen molar-refractivity contribution in [2.24, 2.45) is 23.0 Å². The third-order valence-electron chi connectivity index (χ3n) is 6.79. The minimum Gasteiger partial charge on any atom is -0.329 e. The van der Waals surface area contributed by atoms with E-state index < -0.39 is 0 Å². The van der Waals surface area contributed by atoms with Crippen molar-refractivity contribution in [2.45, 2.75) is 90.6 Å². The lowest BCUT2D eigenvalue weighted by atomic mass is 9.69. The molecule has 0 radical (unpaired) electrons. The molecule has 0 bridgehead atoms. The monoisotopic (exact) mass is 294 g/mol. The number of rotatable bonds is 4. The van der Waals surface area contributed by atoms with E-state index in [1.807, 2.05) is 0 Å². The topological polar surface area (TPSA) is 29.3 Å². The lowest BCUT2D eigenvalue weighted by Gasteiger charge is -2.52. The van der Waals surface area contributed by atoms with Gasteiger partial charge in [0.15, 0.2) is 0 Å². The number of hydrogen-bond donors (Lipinski definition) is 1. The highest BCUT2D eigenvalue weighted by Crippen LogP contribution is 2.43. The van der Waals surface area contributed by atoms with Crippen molar-refractivity contribution >= 4 is 0 Å². The van der Waals surface area contributed by atoms with Crippen molar-refractivity contribution in [1.82, 2.24) is 4.90 Å². The predicted molar refractivity (Wildman–Crippen MR) is 92.4 cm³/mol. The zero-order chi connectivity index (χ0) is 15.7. The largest absolute Gasteiger partial charge is 0.329 e. The van der Waals surface area contributed by atoms with Crippen LogP contribution in [0.25, 0.3) is 0 Å². The molecule has 0 saturated heterocycles. The Kier molecular flexibility index (Phi) is 5.41. The molecule has 2 rings (SSSR count). The third-order valence-corrected chi connectivity index (χ3v) is 6.79. The van der Waals surface area contributed by atoms with E-state index in [0.717, 1.165) is 24.4 Å². The molecule has 21 heavy (non-hydrogen) atoms. The molecule has 0 aromatic rings. The standard InChI is InChI=1S/C19H38N2/c1-15(2)16-7-6-10-19(13-16,14-20)21(5)17-8-11-18(3,4)12-9-17/h15-17H,6-14,20H2,1-5H3. The Morgan fingerprint density at radius 3 is 2.24 bits per heavy atom. The Labute approximate surface area is 132 Å². The Balaban J connectivity index is 2.05. The molecule has 124 valence electrons. The summed E-state index contributed by atoms with van der Waals surface area (Å²) in [5.41, 5.74) is 7.15. The number of nitrogens with zero attached hydrogens (tertiary/aromatic N) is 1. The van der Waals surface area contributed by atoms with Gasteiger partial charge < -0.3 is 5.73 Å². The third kappa shape index (κ3) is 3.82. The van der Waals surface area contributed by atoms with E-state index >= 15 is 0 Å². The van der Waals surface area contributed by atoms with Crippen LogP contribution in [0.4, 0.5) is 0 Å². The quantitative estimate of drug-likeness (QED) is 0.831. The zero-order valence-corrected chi connectivity index (χ0v) is 15.1. The van der Waals surface area contributed by atoms with Crippen LogP contribution in [-0.4, -0.2) is 30.1 Å². The first-order chi connectivity index (χ1) is 9.80. The van der Waals surface area contributed by atoms with Gasteiger partial charge in [0.1, 0.15) is 0 Å². The summed E-state index contributed by atoms with van der Waals surface area (Å²) >= 11 is 0. The molecule has 2 nitrogen and oxygen atoms in total. The average molecular weight is 295 g/mol. The second-order valence-corrected chi connectivity index (χ2v) is 9.04. The van der Waals surface area contributed by atoms with Gasteiger partial charge in [-0.15, -0.1) is 0 Å². The predicted octanol–water partition coefficient (Wildman–Crippen LogP) is 4.43. The molecule has 2 aliphatic rings. The number of likely N-dealkylation sites (N-methyl/N-ethyl adjacent to an activating group) is 1. The fourth-order valence-electron chi connectivity index (χ4n) is 4.76. The first-order valence-corrected chi connectivity index (χ1v) is 9.23. The van der Waals surface area contributed by atoms with Crippen molar-refractivity contribution in [1.29, 1.82) is 0 Å². The number of nitrogens with two attached hydrogens (primary N) is 1. The molecule has 2 saturated carbocycles. The molecular formula is C19H38N2. The maximum atomic E-state index is 6.32. The van der Waals surface area contributed by atoms with Crippen LogP contribution >= 0.6 is 0 Å². The lowest BCUT2D eigenvalue weighted by Crippen LogP contribution is -2.59. The molecular weight excluding hydrogens is 256 g/mol. The van der Waals surface area contributed by atoms with Gasteiger partial charge in [0.2, 0.25) is 0 Å². The lowest BCUT2D eigenvalue weighted by molar-refractivity contribution is -0.00754. The van der Waals surface area contributed by atoms with Crippen molar-refractivity contribution in [3.05, 3.63) is 0 Å². The van der Waals surface area contributed by atoms with Crippen molar-refractivity contribution in [3.63, 3.8) is 0 Å². The molecule has 2 atom stereocenters. The molecule has 0 aromatic heterocycles. The summed E-state index contributed by atoms with van der Waals surface area (Å²) in [7, 11) is 2.37. The molecule has 2 N–H and O–H groups in total. The van der Waals surface area contributed by atoms with E-state index in [-0.39, 0.29) is 5.54 Å². The van der Waals surface area contributed by atoms with Crippen LogP contribution < -0.4 is 5.73 Å². The second kappa shape index (κ2) is 6.58. The van der Waals surface area contributed by atoms with Gasteiger partial charge in [-0.2, -0.15) is 0 Å². The van der Waals surface area contributed by atoms with Crippen LogP contribution in [0.3, 0.4) is 0 Å². The van der Waals surface area contributed by atoms with Crippen LogP contribution in [0, 0.1) is 17.3 Å². The maximum Gasteiger partial charge on any atom is 0.0334 e. The highest BCUT2D eigenvalue weighted by atomic mass is 15.2. The van der Waals surface area contributed by atoms with E-state index in [9.17, 15) is 0 Å². The molecule has 2 fully saturated rings. The Bertz CT molecular complexity index is 326. The second-order valence-electron chi connectivity index (χ2n) is 9.04. The Morgan fingerprint density at radius 1 is 1.10 bits per heavy atom. The van der Waals surface area contributed by atoms with Crippen LogP contribution in [0.2, 0.25) is 0 Å². The molecule has 0 heterocycles. The fraction of sp³-hybridized carbons (Fsp3) is 1.00. The van der Waals surface area contributed by atoms with E-state index in [1.165, 1.54) is 51.4 Å². The van der Waals surface area contributed by atoms with Crippen molar-refractivity contribution < 1.29 is 0 Å². The summed E-state index contributed by atoms with van der Waals surface area (Å²) in [6, 6.07) is 0.757. The minimum atomic E-state index is 0.277. The summed E-state index contributed by atoms with van der Waals surface area (Å²) < 4.78 is 0. The summed E-state index contributed by atoms with van der Waals surface area (Å²) in [6.45, 7) is 10.5. The molecule has 2 heteroatoms. The van der Waals surface area contributed by atoms with Gasteiger partial charge >= 0.3 is 0 Å². The average Bonchev–Trinajstić information content (AvgIpc) is 2.46. The highest BCUT2D eigenvalue weighted by Gasteiger charge is 2.43. The molecule has 0 aliphatic heterocycles. The van der Waals surface area contributed by atoms with Gasteiger partial charge in [-0.1, -0.05) is 40.5 Å². The summed E-state index contributed by atoms with van der Waals surface area (Å²) in [4.78, 5) is 2.72. The van der Waals surface area contributed by atoms with Crippen LogP contribution in [0.15, 0.2) is 0 Å². The van der Waals surface area contributed by atoms with Gasteiger partial charge in [-0.05, 0) is 62.8 Å². The Hall–Kier alpha value is -0.0800. The van der Waals surface area contributed by atoms with E-state index in [2.05, 4.69) is 39.6 Å². The van der Waals surface area contributed by atoms with E-state index in [0.29, 0.717) is 5.41 Å². The SMILES string of the molecule is CC(C)C1CCCC(CN)(N(C)C2CCC(C)(C)CC2)C1. The van der Waals surface area contributed by atoms with Crippen LogP contribution in [0.5, 0.6) is 0 Å². The van der Waals surface area contributed by atoms with Gasteiger partial charge in [0.25, 0.3) is 0 Å².